The average Bonchev–Trinajstić information content (AvgIpc) is 2.96. The third-order valence-electron chi connectivity index (χ3n) is 5.58. The first-order chi connectivity index (χ1) is 13.1. The smallest absolute Gasteiger partial charge is 0.243 e. The maximum absolute atomic E-state index is 13.4. The summed E-state index contributed by atoms with van der Waals surface area (Å²) in [6, 6.07) is 3.67. The lowest BCUT2D eigenvalue weighted by molar-refractivity contribution is 0.0913. The van der Waals surface area contributed by atoms with Crippen LogP contribution in [0.5, 0.6) is 0 Å². The van der Waals surface area contributed by atoms with E-state index in [1.807, 2.05) is 26.8 Å². The van der Waals surface area contributed by atoms with E-state index in [0.29, 0.717) is 30.8 Å². The zero-order valence-electron chi connectivity index (χ0n) is 17.7. The normalized spacial score (nSPS) is 16.7. The van der Waals surface area contributed by atoms with E-state index in [1.165, 1.54) is 0 Å². The van der Waals surface area contributed by atoms with Crippen molar-refractivity contribution in [3.05, 3.63) is 29.0 Å². The van der Waals surface area contributed by atoms with Crippen molar-refractivity contribution >= 4 is 26.7 Å². The van der Waals surface area contributed by atoms with E-state index in [2.05, 4.69) is 18.8 Å². The Bertz CT molecular complexity index is 996. The number of aromatic nitrogens is 1. The van der Waals surface area contributed by atoms with Crippen LogP contribution in [0, 0.1) is 5.41 Å². The number of nitrogens with zero attached hydrogens (tertiary/aromatic N) is 1. The van der Waals surface area contributed by atoms with Gasteiger partial charge in [-0.05, 0) is 48.8 Å². The highest BCUT2D eigenvalue weighted by molar-refractivity contribution is 7.89. The van der Waals surface area contributed by atoms with Crippen molar-refractivity contribution in [2.75, 3.05) is 13.1 Å². The standard InChI is InChI=1S/C22H32N2O3S/c1-6-9-24(10-7-2)28(26,27)20-12-17-16(11-15(20)8-3)21-18(23-17)13-22(4,5)14-19(21)25/h11-12,23H,6-10,13-14H2,1-5H3. The lowest BCUT2D eigenvalue weighted by atomic mass is 9.76. The Hall–Kier alpha value is -1.66. The van der Waals surface area contributed by atoms with Gasteiger partial charge in [-0.25, -0.2) is 8.42 Å². The van der Waals surface area contributed by atoms with Crippen molar-refractivity contribution in [1.29, 1.82) is 0 Å². The van der Waals surface area contributed by atoms with Crippen LogP contribution in [0.25, 0.3) is 10.9 Å². The molecule has 1 aliphatic rings. The molecular formula is C22H32N2O3S. The van der Waals surface area contributed by atoms with Gasteiger partial charge in [0, 0.05) is 41.7 Å². The molecule has 0 aliphatic heterocycles. The first-order valence-electron chi connectivity index (χ1n) is 10.4. The molecule has 1 N–H and O–H groups in total. The molecule has 0 bridgehead atoms. The van der Waals surface area contributed by atoms with Gasteiger partial charge in [0.1, 0.15) is 0 Å². The molecule has 6 heteroatoms. The molecule has 1 aromatic heterocycles. The second-order valence-electron chi connectivity index (χ2n) is 8.68. The van der Waals surface area contributed by atoms with E-state index < -0.39 is 10.0 Å². The van der Waals surface area contributed by atoms with Crippen molar-refractivity contribution in [3.8, 4) is 0 Å². The van der Waals surface area contributed by atoms with Crippen molar-refractivity contribution < 1.29 is 13.2 Å². The lowest BCUT2D eigenvalue weighted by Crippen LogP contribution is -2.33. The number of nitrogens with one attached hydrogen (secondary N) is 1. The molecule has 3 rings (SSSR count). The maximum atomic E-state index is 13.4. The number of fused-ring (bicyclic) bond motifs is 3. The first kappa shape index (κ1) is 21.1. The minimum absolute atomic E-state index is 0.0769. The van der Waals surface area contributed by atoms with E-state index in [-0.39, 0.29) is 11.2 Å². The minimum Gasteiger partial charge on any atom is -0.358 e. The largest absolute Gasteiger partial charge is 0.358 e. The van der Waals surface area contributed by atoms with Gasteiger partial charge in [0.15, 0.2) is 5.78 Å². The van der Waals surface area contributed by atoms with Gasteiger partial charge in [-0.1, -0.05) is 34.6 Å². The summed E-state index contributed by atoms with van der Waals surface area (Å²) in [5, 5.41) is 0.865. The predicted octanol–water partition coefficient (Wildman–Crippen LogP) is 4.70. The molecule has 0 unspecified atom stereocenters. The topological polar surface area (TPSA) is 70.2 Å². The number of benzene rings is 1. The summed E-state index contributed by atoms with van der Waals surface area (Å²) < 4.78 is 28.4. The number of sulfonamides is 1. The predicted molar refractivity (Wildman–Crippen MR) is 113 cm³/mol. The highest BCUT2D eigenvalue weighted by atomic mass is 32.2. The second kappa shape index (κ2) is 7.64. The summed E-state index contributed by atoms with van der Waals surface area (Å²) in [5.41, 5.74) is 3.15. The first-order valence-corrected chi connectivity index (χ1v) is 11.8. The molecule has 1 heterocycles. The molecule has 0 fully saturated rings. The van der Waals surface area contributed by atoms with Crippen LogP contribution in [-0.4, -0.2) is 36.6 Å². The Morgan fingerprint density at radius 3 is 2.29 bits per heavy atom. The Kier molecular flexibility index (Phi) is 5.74. The van der Waals surface area contributed by atoms with E-state index in [9.17, 15) is 13.2 Å². The number of Topliss-reactive ketones (excluding diaryl/α,β-unsaturated/α-hetero) is 1. The van der Waals surface area contributed by atoms with Crippen molar-refractivity contribution in [2.24, 2.45) is 5.41 Å². The lowest BCUT2D eigenvalue weighted by Gasteiger charge is -2.28. The molecule has 0 saturated carbocycles. The molecule has 1 aliphatic carbocycles. The van der Waals surface area contributed by atoms with Crippen LogP contribution < -0.4 is 0 Å². The number of ketones is 1. The zero-order chi connectivity index (χ0) is 20.7. The number of aryl methyl sites for hydroxylation is 1. The van der Waals surface area contributed by atoms with E-state index in [1.54, 1.807) is 10.4 Å². The number of hydrogen-bond donors (Lipinski definition) is 1. The van der Waals surface area contributed by atoms with Gasteiger partial charge < -0.3 is 4.98 Å². The fourth-order valence-corrected chi connectivity index (χ4v) is 6.27. The van der Waals surface area contributed by atoms with Gasteiger partial charge in [-0.3, -0.25) is 4.79 Å². The van der Waals surface area contributed by atoms with Gasteiger partial charge in [-0.15, -0.1) is 0 Å². The van der Waals surface area contributed by atoms with Gasteiger partial charge in [0.25, 0.3) is 0 Å². The van der Waals surface area contributed by atoms with E-state index in [4.69, 9.17) is 0 Å². The highest BCUT2D eigenvalue weighted by Crippen LogP contribution is 2.39. The summed E-state index contributed by atoms with van der Waals surface area (Å²) in [6.07, 6.45) is 3.49. The number of aromatic amines is 1. The summed E-state index contributed by atoms with van der Waals surface area (Å²) >= 11 is 0. The fourth-order valence-electron chi connectivity index (χ4n) is 4.34. The van der Waals surface area contributed by atoms with Crippen LogP contribution in [0.2, 0.25) is 0 Å². The molecule has 0 radical (unpaired) electrons. The van der Waals surface area contributed by atoms with Crippen molar-refractivity contribution in [1.82, 2.24) is 9.29 Å². The number of carbonyl (C=O) groups excluding carboxylic acids is 1. The number of rotatable bonds is 7. The summed E-state index contributed by atoms with van der Waals surface area (Å²) in [6.45, 7) is 11.2. The summed E-state index contributed by atoms with van der Waals surface area (Å²) in [7, 11) is -3.57. The molecule has 0 spiro atoms. The second-order valence-corrected chi connectivity index (χ2v) is 10.6. The quantitative estimate of drug-likeness (QED) is 0.727. The molecule has 0 saturated heterocycles. The highest BCUT2D eigenvalue weighted by Gasteiger charge is 2.34. The van der Waals surface area contributed by atoms with E-state index in [0.717, 1.165) is 47.0 Å². The molecule has 0 amide bonds. The maximum Gasteiger partial charge on any atom is 0.243 e. The van der Waals surface area contributed by atoms with Crippen molar-refractivity contribution in [3.63, 3.8) is 0 Å². The van der Waals surface area contributed by atoms with Crippen LogP contribution >= 0.6 is 0 Å². The van der Waals surface area contributed by atoms with Crippen molar-refractivity contribution in [2.45, 2.75) is 71.6 Å². The Morgan fingerprint density at radius 1 is 1.07 bits per heavy atom. The van der Waals surface area contributed by atoms with Crippen LogP contribution in [0.4, 0.5) is 0 Å². The number of H-pyrrole nitrogens is 1. The Labute approximate surface area is 168 Å². The van der Waals surface area contributed by atoms with Crippen LogP contribution in [0.1, 0.15) is 75.5 Å². The van der Waals surface area contributed by atoms with Crippen LogP contribution in [0.3, 0.4) is 0 Å². The Balaban J connectivity index is 2.19. The molecule has 154 valence electrons. The van der Waals surface area contributed by atoms with Crippen LogP contribution in [-0.2, 0) is 22.9 Å². The van der Waals surface area contributed by atoms with Crippen LogP contribution in [0.15, 0.2) is 17.0 Å². The molecule has 28 heavy (non-hydrogen) atoms. The minimum atomic E-state index is -3.57. The monoisotopic (exact) mass is 404 g/mol. The summed E-state index contributed by atoms with van der Waals surface area (Å²) in [5.74, 6) is 0.147. The molecule has 1 aromatic carbocycles. The number of carbonyl (C=O) groups is 1. The third kappa shape index (κ3) is 3.64. The van der Waals surface area contributed by atoms with Gasteiger partial charge in [-0.2, -0.15) is 4.31 Å². The fraction of sp³-hybridized carbons (Fsp3) is 0.591. The van der Waals surface area contributed by atoms with Gasteiger partial charge >= 0.3 is 0 Å². The molecule has 2 aromatic rings. The molecule has 5 nitrogen and oxygen atoms in total. The zero-order valence-corrected chi connectivity index (χ0v) is 18.5. The Morgan fingerprint density at radius 2 is 1.71 bits per heavy atom. The average molecular weight is 405 g/mol. The third-order valence-corrected chi connectivity index (χ3v) is 7.56. The number of hydrogen-bond acceptors (Lipinski definition) is 3. The SMILES string of the molecule is CCCN(CCC)S(=O)(=O)c1cc2[nH]c3c(c2cc1CC)C(=O)CC(C)(C)C3. The summed E-state index contributed by atoms with van der Waals surface area (Å²) in [4.78, 5) is 16.5. The van der Waals surface area contributed by atoms with E-state index >= 15 is 0 Å². The molecule has 0 atom stereocenters. The molecular weight excluding hydrogens is 372 g/mol. The van der Waals surface area contributed by atoms with Gasteiger partial charge in [0.2, 0.25) is 10.0 Å². The van der Waals surface area contributed by atoms with Gasteiger partial charge in [0.05, 0.1) is 4.90 Å².